The zero-order valence-corrected chi connectivity index (χ0v) is 14.4. The molecule has 0 N–H and O–H groups in total. The molecule has 0 nitrogen and oxygen atoms in total. The molecule has 0 saturated heterocycles. The molecule has 0 aromatic heterocycles. The number of halogens is 7. The first-order valence-electron chi connectivity index (χ1n) is 6.95. The van der Waals surface area contributed by atoms with Gasteiger partial charge in [-0.2, -0.15) is 26.3 Å². The van der Waals surface area contributed by atoms with E-state index in [0.29, 0.717) is 15.6 Å². The third kappa shape index (κ3) is 7.42. The Morgan fingerprint density at radius 3 is 1.67 bits per heavy atom. The van der Waals surface area contributed by atoms with Crippen LogP contribution in [0.25, 0.3) is 0 Å². The molecule has 2 aromatic carbocycles. The highest BCUT2D eigenvalue weighted by molar-refractivity contribution is 9.10. The fraction of sp³-hybridized carbons (Fsp3) is 0.250. The third-order valence-electron chi connectivity index (χ3n) is 2.71. The van der Waals surface area contributed by atoms with Gasteiger partial charge < -0.3 is 0 Å². The Balaban J connectivity index is 0.000000421. The Morgan fingerprint density at radius 1 is 0.792 bits per heavy atom. The highest BCUT2D eigenvalue weighted by Crippen LogP contribution is 2.31. The van der Waals surface area contributed by atoms with Crippen LogP contribution >= 0.6 is 15.9 Å². The molecule has 0 aliphatic carbocycles. The highest BCUT2D eigenvalue weighted by Gasteiger charge is 2.31. The summed E-state index contributed by atoms with van der Waals surface area (Å²) in [6.45, 7) is 3.26. The van der Waals surface area contributed by atoms with Crippen molar-refractivity contribution in [2.75, 3.05) is 0 Å². The van der Waals surface area contributed by atoms with Gasteiger partial charge in [0.2, 0.25) is 0 Å². The van der Waals surface area contributed by atoms with Crippen LogP contribution in [0.5, 0.6) is 0 Å². The Morgan fingerprint density at radius 2 is 1.29 bits per heavy atom. The van der Waals surface area contributed by atoms with E-state index < -0.39 is 23.5 Å². The van der Waals surface area contributed by atoms with Gasteiger partial charge in [0, 0.05) is 12.8 Å². The molecule has 0 bridgehead atoms. The number of hydrogen-bond acceptors (Lipinski definition) is 0. The zero-order valence-electron chi connectivity index (χ0n) is 13.8. The fourth-order valence-electron chi connectivity index (χ4n) is 1.72. The van der Waals surface area contributed by atoms with E-state index in [0.717, 1.165) is 24.3 Å². The summed E-state index contributed by atoms with van der Waals surface area (Å²) in [5.74, 6) is 0. The molecule has 24 heavy (non-hydrogen) atoms. The van der Waals surface area contributed by atoms with Crippen molar-refractivity contribution in [3.8, 4) is 0 Å². The van der Waals surface area contributed by atoms with Crippen LogP contribution in [0.1, 0.15) is 22.3 Å². The average Bonchev–Trinajstić information content (AvgIpc) is 2.47. The van der Waals surface area contributed by atoms with Crippen molar-refractivity contribution < 1.29 is 26.3 Å². The van der Waals surface area contributed by atoms with Gasteiger partial charge in [0.05, 0.1) is 11.1 Å². The van der Waals surface area contributed by atoms with Gasteiger partial charge >= 0.3 is 12.4 Å². The van der Waals surface area contributed by atoms with Crippen LogP contribution in [0.2, 0.25) is 0 Å². The first-order chi connectivity index (χ1) is 11.4. The number of alkyl halides is 6. The van der Waals surface area contributed by atoms with Gasteiger partial charge in [-0.1, -0.05) is 39.7 Å². The molecule has 2 aromatic rings. The van der Waals surface area contributed by atoms with Gasteiger partial charge in [-0.15, -0.1) is 0 Å². The van der Waals surface area contributed by atoms with E-state index in [1.54, 1.807) is 26.0 Å². The van der Waals surface area contributed by atoms with E-state index in [9.17, 15) is 26.3 Å². The van der Waals surface area contributed by atoms with Crippen molar-refractivity contribution in [1.29, 1.82) is 1.34 Å². The first kappa shape index (κ1) is 20.6. The van der Waals surface area contributed by atoms with E-state index in [1.807, 2.05) is 0 Å². The van der Waals surface area contributed by atoms with Crippen molar-refractivity contribution in [2.45, 2.75) is 26.2 Å². The van der Waals surface area contributed by atoms with Crippen molar-refractivity contribution in [3.63, 3.8) is 0 Å². The second-order valence-electron chi connectivity index (χ2n) is 4.88. The van der Waals surface area contributed by atoms with E-state index in [2.05, 4.69) is 24.3 Å². The quantitative estimate of drug-likeness (QED) is 0.360. The SMILES string of the molecule is Cc1cc(Br)cc(C(F)(F)F)c1.Cc1cccc(C(F)(F)F)c1.[2H][B]. The summed E-state index contributed by atoms with van der Waals surface area (Å²) in [6, 6.07) is 9.04. The minimum atomic E-state index is -4.26. The summed E-state index contributed by atoms with van der Waals surface area (Å²) in [4.78, 5) is 0. The predicted molar refractivity (Wildman–Crippen MR) is 87.2 cm³/mol. The summed E-state index contributed by atoms with van der Waals surface area (Å²) in [5, 5.41) is 0. The number of aryl methyl sites for hydroxylation is 2. The summed E-state index contributed by atoms with van der Waals surface area (Å²) in [7, 11) is 3.75. The number of hydrogen-bond donors (Lipinski definition) is 0. The molecule has 0 spiro atoms. The van der Waals surface area contributed by atoms with Crippen molar-refractivity contribution in [3.05, 3.63) is 69.2 Å². The minimum Gasteiger partial charge on any atom is -0.166 e. The van der Waals surface area contributed by atoms with Gasteiger partial charge in [-0.05, 0) is 45.0 Å². The summed E-state index contributed by atoms with van der Waals surface area (Å²) in [5.41, 5.74) is 0.0170. The molecular weight excluding hydrogens is 397 g/mol. The van der Waals surface area contributed by atoms with E-state index >= 15 is 0 Å². The Bertz CT molecular complexity index is 650. The molecule has 0 fully saturated rings. The molecule has 0 amide bonds. The van der Waals surface area contributed by atoms with E-state index in [-0.39, 0.29) is 0 Å². The van der Waals surface area contributed by atoms with Gasteiger partial charge in [0.1, 0.15) is 0 Å². The lowest BCUT2D eigenvalue weighted by molar-refractivity contribution is -0.138. The fourth-order valence-corrected chi connectivity index (χ4v) is 2.33. The first-order valence-corrected chi connectivity index (χ1v) is 7.17. The molecule has 0 aliphatic rings. The van der Waals surface area contributed by atoms with Crippen LogP contribution in [0.15, 0.2) is 46.9 Å². The molecule has 2 radical (unpaired) electrons. The van der Waals surface area contributed by atoms with Gasteiger partial charge in [-0.25, -0.2) is 0 Å². The lowest BCUT2D eigenvalue weighted by Crippen LogP contribution is -2.04. The van der Waals surface area contributed by atoms with Crippen LogP contribution in [-0.2, 0) is 12.4 Å². The molecule has 0 saturated carbocycles. The molecule has 0 aliphatic heterocycles. The molecule has 0 unspecified atom stereocenters. The molecule has 130 valence electrons. The molecule has 2 rings (SSSR count). The third-order valence-corrected chi connectivity index (χ3v) is 3.17. The normalized spacial score (nSPS) is 11.5. The topological polar surface area (TPSA) is 0 Å². The van der Waals surface area contributed by atoms with E-state index in [1.165, 1.54) is 6.07 Å². The van der Waals surface area contributed by atoms with E-state index in [4.69, 9.17) is 1.34 Å². The van der Waals surface area contributed by atoms with Gasteiger partial charge in [-0.3, -0.25) is 0 Å². The number of benzene rings is 2. The number of rotatable bonds is 0. The second kappa shape index (κ2) is 8.60. The van der Waals surface area contributed by atoms with Crippen LogP contribution in [0, 0.1) is 13.8 Å². The van der Waals surface area contributed by atoms with Crippen molar-refractivity contribution >= 4 is 24.3 Å². The molecule has 0 atom stereocenters. The maximum Gasteiger partial charge on any atom is 0.416 e. The van der Waals surface area contributed by atoms with Crippen LogP contribution < -0.4 is 0 Å². The Hall–Kier alpha value is -1.44. The minimum absolute atomic E-state index is 0.454. The smallest absolute Gasteiger partial charge is 0.166 e. The average molecular weight is 412 g/mol. The molecule has 0 heterocycles. The van der Waals surface area contributed by atoms with Crippen LogP contribution in [-0.4, -0.2) is 9.71 Å². The Labute approximate surface area is 147 Å². The second-order valence-corrected chi connectivity index (χ2v) is 5.80. The molecule has 8 heteroatoms. The monoisotopic (exact) mass is 411 g/mol. The highest BCUT2D eigenvalue weighted by atomic mass is 79.9. The van der Waals surface area contributed by atoms with Crippen LogP contribution in [0.4, 0.5) is 26.3 Å². The largest absolute Gasteiger partial charge is 0.416 e. The summed E-state index contributed by atoms with van der Waals surface area (Å²) in [6.07, 6.45) is -8.47. The summed E-state index contributed by atoms with van der Waals surface area (Å²) >= 11 is 3.01. The lowest BCUT2D eigenvalue weighted by Gasteiger charge is -2.07. The van der Waals surface area contributed by atoms with Crippen molar-refractivity contribution in [2.24, 2.45) is 0 Å². The van der Waals surface area contributed by atoms with Gasteiger partial charge in [0.15, 0.2) is 0 Å². The molecular formula is C16H14BBrF6. The maximum absolute atomic E-state index is 12.1. The van der Waals surface area contributed by atoms with Crippen LogP contribution in [0.3, 0.4) is 0 Å². The zero-order chi connectivity index (χ0) is 19.8. The Kier molecular flexibility index (Phi) is 7.39. The lowest BCUT2D eigenvalue weighted by atomic mass is 10.1. The van der Waals surface area contributed by atoms with Crippen molar-refractivity contribution in [1.82, 2.24) is 0 Å². The summed E-state index contributed by atoms with van der Waals surface area (Å²) < 4.78 is 78.0. The maximum atomic E-state index is 12.1. The predicted octanol–water partition coefficient (Wildman–Crippen LogP) is 6.14. The standard InChI is InChI=1S/C8H6BrF3.C8H7F3.BH/c1-5-2-6(8(10,11)12)4-7(9)3-5;1-6-3-2-4-7(5-6)8(9,10)11;/h2-4H,1H3;2-5H,1H3;1H/i;;1D. The van der Waals surface area contributed by atoms with Gasteiger partial charge in [0.25, 0.3) is 0 Å².